The predicted molar refractivity (Wildman–Crippen MR) is 85.7 cm³/mol. The van der Waals surface area contributed by atoms with Gasteiger partial charge in [0, 0.05) is 37.7 Å². The van der Waals surface area contributed by atoms with E-state index < -0.39 is 0 Å². The molecule has 1 saturated heterocycles. The van der Waals surface area contributed by atoms with Crippen molar-refractivity contribution in [2.45, 2.75) is 12.8 Å². The number of carbonyl (C=O) groups is 1. The Morgan fingerprint density at radius 1 is 1.25 bits per heavy atom. The van der Waals surface area contributed by atoms with Crippen molar-refractivity contribution >= 4 is 11.6 Å². The number of nitrogens with zero attached hydrogens (tertiary/aromatic N) is 5. The largest absolute Gasteiger partial charge is 0.476 e. The summed E-state index contributed by atoms with van der Waals surface area (Å²) in [6, 6.07) is 5.42. The topological polar surface area (TPSA) is 88.4 Å². The lowest BCUT2D eigenvalue weighted by Crippen LogP contribution is -2.39. The fourth-order valence-electron chi connectivity index (χ4n) is 2.93. The van der Waals surface area contributed by atoms with E-state index in [1.807, 2.05) is 17.0 Å². The maximum Gasteiger partial charge on any atom is 0.271 e. The molecule has 1 amide bonds. The third-order valence-electron chi connectivity index (χ3n) is 4.33. The van der Waals surface area contributed by atoms with Crippen LogP contribution in [0.5, 0.6) is 5.88 Å². The van der Waals surface area contributed by atoms with Crippen LogP contribution in [0.4, 0.5) is 0 Å². The Morgan fingerprint density at radius 3 is 2.92 bits per heavy atom. The second-order valence-electron chi connectivity index (χ2n) is 5.92. The number of fused-ring (bicyclic) bond motifs is 1. The minimum Gasteiger partial charge on any atom is -0.476 e. The monoisotopic (exact) mass is 326 g/mol. The van der Waals surface area contributed by atoms with Gasteiger partial charge in [-0.1, -0.05) is 0 Å². The van der Waals surface area contributed by atoms with Crippen molar-refractivity contribution < 1.29 is 9.53 Å². The lowest BCUT2D eigenvalue weighted by atomic mass is 9.97. The van der Waals surface area contributed by atoms with Gasteiger partial charge in [-0.25, -0.2) is 9.50 Å². The molecule has 0 unspecified atom stereocenters. The molecule has 0 aliphatic carbocycles. The molecule has 0 bridgehead atoms. The van der Waals surface area contributed by atoms with Crippen LogP contribution in [0.3, 0.4) is 0 Å². The average molecular weight is 326 g/mol. The van der Waals surface area contributed by atoms with Crippen molar-refractivity contribution in [2.24, 2.45) is 5.92 Å². The van der Waals surface area contributed by atoms with E-state index in [-0.39, 0.29) is 5.91 Å². The summed E-state index contributed by atoms with van der Waals surface area (Å²) in [6.45, 7) is 2.08. The maximum atomic E-state index is 12.3. The Balaban J connectivity index is 1.29. The molecule has 0 aromatic carbocycles. The van der Waals surface area contributed by atoms with E-state index in [0.717, 1.165) is 31.6 Å². The normalized spacial score (nSPS) is 15.8. The molecule has 4 heterocycles. The van der Waals surface area contributed by atoms with Gasteiger partial charge in [0.15, 0.2) is 5.65 Å². The molecule has 0 spiro atoms. The van der Waals surface area contributed by atoms with Gasteiger partial charge in [0.25, 0.3) is 5.91 Å². The molecule has 3 aromatic rings. The standard InChI is InChI=1S/C16H18N6O2/c23-16(13-3-6-18-19-13)21-8-4-12(5-9-21)11-24-15-2-1-14-17-7-10-22(14)20-15/h1-3,6-7,10,12H,4-5,8-9,11H2,(H,18,19). The Kier molecular flexibility index (Phi) is 3.86. The zero-order chi connectivity index (χ0) is 16.4. The fraction of sp³-hybridized carbons (Fsp3) is 0.375. The highest BCUT2D eigenvalue weighted by molar-refractivity contribution is 5.92. The number of aromatic nitrogens is 5. The molecule has 1 fully saturated rings. The highest BCUT2D eigenvalue weighted by Crippen LogP contribution is 2.20. The first-order valence-electron chi connectivity index (χ1n) is 8.01. The number of carbonyl (C=O) groups excluding carboxylic acids is 1. The number of H-pyrrole nitrogens is 1. The van der Waals surface area contributed by atoms with Crippen LogP contribution in [0.15, 0.2) is 36.8 Å². The molecule has 4 rings (SSSR count). The Labute approximate surface area is 138 Å². The second kappa shape index (κ2) is 6.31. The number of likely N-dealkylation sites (tertiary alicyclic amines) is 1. The van der Waals surface area contributed by atoms with Gasteiger partial charge in [-0.2, -0.15) is 5.10 Å². The summed E-state index contributed by atoms with van der Waals surface area (Å²) in [5, 5.41) is 10.9. The van der Waals surface area contributed by atoms with Gasteiger partial charge >= 0.3 is 0 Å². The number of ether oxygens (including phenoxy) is 1. The number of imidazole rings is 1. The summed E-state index contributed by atoms with van der Waals surface area (Å²) in [5.74, 6) is 1.03. The van der Waals surface area contributed by atoms with E-state index in [9.17, 15) is 4.79 Å². The zero-order valence-corrected chi connectivity index (χ0v) is 13.1. The minimum absolute atomic E-state index is 0.0131. The van der Waals surface area contributed by atoms with E-state index >= 15 is 0 Å². The van der Waals surface area contributed by atoms with Gasteiger partial charge in [-0.15, -0.1) is 5.10 Å². The Bertz CT molecular complexity index is 820. The number of hydrogen-bond acceptors (Lipinski definition) is 5. The molecule has 24 heavy (non-hydrogen) atoms. The van der Waals surface area contributed by atoms with Crippen LogP contribution < -0.4 is 4.74 Å². The van der Waals surface area contributed by atoms with Crippen LogP contribution in [0.25, 0.3) is 5.65 Å². The first kappa shape index (κ1) is 14.7. The fourth-order valence-corrected chi connectivity index (χ4v) is 2.93. The molecule has 1 aliphatic heterocycles. The van der Waals surface area contributed by atoms with Crippen LogP contribution in [0.1, 0.15) is 23.3 Å². The van der Waals surface area contributed by atoms with Gasteiger partial charge < -0.3 is 9.64 Å². The molecule has 1 aliphatic rings. The maximum absolute atomic E-state index is 12.3. The average Bonchev–Trinajstić information content (AvgIpc) is 3.31. The Morgan fingerprint density at radius 2 is 2.12 bits per heavy atom. The SMILES string of the molecule is O=C(c1ccn[nH]1)N1CCC(COc2ccc3nccn3n2)CC1. The van der Waals surface area contributed by atoms with Gasteiger partial charge in [0.1, 0.15) is 5.69 Å². The number of rotatable bonds is 4. The second-order valence-corrected chi connectivity index (χ2v) is 5.92. The highest BCUT2D eigenvalue weighted by atomic mass is 16.5. The summed E-state index contributed by atoms with van der Waals surface area (Å²) in [5.41, 5.74) is 1.34. The molecule has 8 nitrogen and oxygen atoms in total. The summed E-state index contributed by atoms with van der Waals surface area (Å²) in [4.78, 5) is 18.3. The van der Waals surface area contributed by atoms with Crippen LogP contribution in [0, 0.1) is 5.92 Å². The van der Waals surface area contributed by atoms with E-state index in [1.54, 1.807) is 29.2 Å². The van der Waals surface area contributed by atoms with Gasteiger partial charge in [0.2, 0.25) is 5.88 Å². The highest BCUT2D eigenvalue weighted by Gasteiger charge is 2.24. The van der Waals surface area contributed by atoms with Crippen molar-refractivity contribution in [3.63, 3.8) is 0 Å². The zero-order valence-electron chi connectivity index (χ0n) is 13.1. The van der Waals surface area contributed by atoms with Crippen molar-refractivity contribution in [3.8, 4) is 5.88 Å². The predicted octanol–water partition coefficient (Wildman–Crippen LogP) is 1.38. The summed E-state index contributed by atoms with van der Waals surface area (Å²) >= 11 is 0. The van der Waals surface area contributed by atoms with Crippen LogP contribution >= 0.6 is 0 Å². The van der Waals surface area contributed by atoms with Crippen molar-refractivity contribution in [3.05, 3.63) is 42.5 Å². The van der Waals surface area contributed by atoms with Crippen LogP contribution in [-0.2, 0) is 0 Å². The molecule has 3 aromatic heterocycles. The third-order valence-corrected chi connectivity index (χ3v) is 4.33. The van der Waals surface area contributed by atoms with Crippen molar-refractivity contribution in [2.75, 3.05) is 19.7 Å². The quantitative estimate of drug-likeness (QED) is 0.782. The lowest BCUT2D eigenvalue weighted by Gasteiger charge is -2.31. The first-order chi connectivity index (χ1) is 11.8. The van der Waals surface area contributed by atoms with Crippen LogP contribution in [-0.4, -0.2) is 55.3 Å². The Hall–Kier alpha value is -2.90. The van der Waals surface area contributed by atoms with E-state index in [0.29, 0.717) is 24.1 Å². The summed E-state index contributed by atoms with van der Waals surface area (Å²) < 4.78 is 7.51. The van der Waals surface area contributed by atoms with Crippen molar-refractivity contribution in [1.82, 2.24) is 29.7 Å². The number of aromatic amines is 1. The van der Waals surface area contributed by atoms with Gasteiger partial charge in [0.05, 0.1) is 6.61 Å². The molecule has 8 heteroatoms. The van der Waals surface area contributed by atoms with Gasteiger partial charge in [-0.05, 0) is 30.9 Å². The molecular weight excluding hydrogens is 308 g/mol. The van der Waals surface area contributed by atoms with Crippen molar-refractivity contribution in [1.29, 1.82) is 0 Å². The molecule has 0 saturated carbocycles. The third kappa shape index (κ3) is 2.94. The first-order valence-corrected chi connectivity index (χ1v) is 8.01. The van der Waals surface area contributed by atoms with Gasteiger partial charge in [-0.3, -0.25) is 9.89 Å². The lowest BCUT2D eigenvalue weighted by molar-refractivity contribution is 0.0653. The smallest absolute Gasteiger partial charge is 0.271 e. The summed E-state index contributed by atoms with van der Waals surface area (Å²) in [6.07, 6.45) is 6.94. The minimum atomic E-state index is 0.0131. The van der Waals surface area contributed by atoms with E-state index in [2.05, 4.69) is 20.3 Å². The number of amides is 1. The molecule has 1 N–H and O–H groups in total. The van der Waals surface area contributed by atoms with Crippen LogP contribution in [0.2, 0.25) is 0 Å². The van der Waals surface area contributed by atoms with E-state index in [4.69, 9.17) is 4.74 Å². The number of piperidine rings is 1. The summed E-state index contributed by atoms with van der Waals surface area (Å²) in [7, 11) is 0. The molecular formula is C16H18N6O2. The molecule has 0 radical (unpaired) electrons. The molecule has 0 atom stereocenters. The number of hydrogen-bond donors (Lipinski definition) is 1. The van der Waals surface area contributed by atoms with E-state index in [1.165, 1.54) is 0 Å². The number of nitrogens with one attached hydrogen (secondary N) is 1. The molecule has 124 valence electrons.